The van der Waals surface area contributed by atoms with E-state index in [0.717, 1.165) is 5.75 Å². The van der Waals surface area contributed by atoms with E-state index < -0.39 is 5.54 Å². The van der Waals surface area contributed by atoms with Crippen LogP contribution in [0.5, 0.6) is 5.75 Å². The first-order valence-corrected chi connectivity index (χ1v) is 6.39. The molecule has 0 saturated carbocycles. The van der Waals surface area contributed by atoms with E-state index in [1.807, 2.05) is 32.9 Å². The number of aryl methyl sites for hydroxylation is 2. The summed E-state index contributed by atoms with van der Waals surface area (Å²) in [5, 5.41) is 2.98. The Morgan fingerprint density at radius 1 is 1.26 bits per heavy atom. The van der Waals surface area contributed by atoms with Crippen molar-refractivity contribution in [3.8, 4) is 5.75 Å². The number of likely N-dealkylation sites (N-methyl/N-ethyl adjacent to an activating group) is 1. The summed E-state index contributed by atoms with van der Waals surface area (Å²) in [4.78, 5) is 11.7. The standard InChI is InChI=1S/C15H23NO3/c1-11-8-12(2)10-13(9-11)19-7-6-15(3,16-4)14(17)18-5/h8-10,16H,6-7H2,1-5H3. The van der Waals surface area contributed by atoms with E-state index in [9.17, 15) is 4.79 Å². The highest BCUT2D eigenvalue weighted by Gasteiger charge is 2.32. The zero-order valence-corrected chi connectivity index (χ0v) is 12.4. The third-order valence-corrected chi connectivity index (χ3v) is 3.25. The Hall–Kier alpha value is -1.55. The van der Waals surface area contributed by atoms with Gasteiger partial charge in [0.2, 0.25) is 0 Å². The van der Waals surface area contributed by atoms with Gasteiger partial charge in [0.1, 0.15) is 11.3 Å². The summed E-state index contributed by atoms with van der Waals surface area (Å²) in [6, 6.07) is 6.07. The van der Waals surface area contributed by atoms with Crippen LogP contribution >= 0.6 is 0 Å². The van der Waals surface area contributed by atoms with Crippen LogP contribution in [0.3, 0.4) is 0 Å². The molecule has 0 saturated heterocycles. The first-order chi connectivity index (χ1) is 8.91. The summed E-state index contributed by atoms with van der Waals surface area (Å²) in [5.41, 5.74) is 1.62. The highest BCUT2D eigenvalue weighted by Crippen LogP contribution is 2.18. The molecule has 1 aromatic rings. The average Bonchev–Trinajstić information content (AvgIpc) is 2.36. The van der Waals surface area contributed by atoms with Gasteiger partial charge in [0.25, 0.3) is 0 Å². The maximum absolute atomic E-state index is 11.7. The van der Waals surface area contributed by atoms with Gasteiger partial charge in [-0.1, -0.05) is 6.07 Å². The third kappa shape index (κ3) is 4.24. The predicted molar refractivity (Wildman–Crippen MR) is 75.5 cm³/mol. The molecular weight excluding hydrogens is 242 g/mol. The van der Waals surface area contributed by atoms with Crippen molar-refractivity contribution in [2.45, 2.75) is 32.7 Å². The van der Waals surface area contributed by atoms with Crippen LogP contribution in [0.1, 0.15) is 24.5 Å². The van der Waals surface area contributed by atoms with Crippen molar-refractivity contribution in [2.24, 2.45) is 0 Å². The van der Waals surface area contributed by atoms with Crippen molar-refractivity contribution in [3.63, 3.8) is 0 Å². The summed E-state index contributed by atoms with van der Waals surface area (Å²) >= 11 is 0. The largest absolute Gasteiger partial charge is 0.493 e. The van der Waals surface area contributed by atoms with Gasteiger partial charge in [0.15, 0.2) is 0 Å². The van der Waals surface area contributed by atoms with Gasteiger partial charge in [-0.3, -0.25) is 4.79 Å². The SMILES string of the molecule is CNC(C)(CCOc1cc(C)cc(C)c1)C(=O)OC. The second kappa shape index (κ2) is 6.57. The normalized spacial score (nSPS) is 13.7. The number of esters is 1. The third-order valence-electron chi connectivity index (χ3n) is 3.25. The van der Waals surface area contributed by atoms with E-state index in [1.54, 1.807) is 7.05 Å². The molecule has 0 aliphatic rings. The van der Waals surface area contributed by atoms with Gasteiger partial charge in [0.05, 0.1) is 13.7 Å². The van der Waals surface area contributed by atoms with Crippen molar-refractivity contribution in [3.05, 3.63) is 29.3 Å². The van der Waals surface area contributed by atoms with Gasteiger partial charge in [-0.05, 0) is 51.1 Å². The summed E-state index contributed by atoms with van der Waals surface area (Å²) in [6.45, 7) is 6.33. The first-order valence-electron chi connectivity index (χ1n) is 6.39. The lowest BCUT2D eigenvalue weighted by Gasteiger charge is -2.25. The number of carbonyl (C=O) groups is 1. The minimum absolute atomic E-state index is 0.279. The summed E-state index contributed by atoms with van der Waals surface area (Å²) in [5.74, 6) is 0.555. The lowest BCUT2D eigenvalue weighted by Crippen LogP contribution is -2.49. The second-order valence-corrected chi connectivity index (χ2v) is 5.00. The molecule has 106 valence electrons. The van der Waals surface area contributed by atoms with Crippen molar-refractivity contribution in [1.29, 1.82) is 0 Å². The van der Waals surface area contributed by atoms with Crippen molar-refractivity contribution in [2.75, 3.05) is 20.8 Å². The Morgan fingerprint density at radius 2 is 1.84 bits per heavy atom. The molecule has 4 heteroatoms. The molecule has 0 aliphatic heterocycles. The van der Waals surface area contributed by atoms with Gasteiger partial charge in [-0.15, -0.1) is 0 Å². The fourth-order valence-electron chi connectivity index (χ4n) is 1.94. The van der Waals surface area contributed by atoms with E-state index in [0.29, 0.717) is 13.0 Å². The molecule has 0 heterocycles. The Balaban J connectivity index is 2.59. The summed E-state index contributed by atoms with van der Waals surface area (Å²) in [7, 11) is 3.14. The smallest absolute Gasteiger partial charge is 0.325 e. The summed E-state index contributed by atoms with van der Waals surface area (Å²) in [6.07, 6.45) is 0.545. The fraction of sp³-hybridized carbons (Fsp3) is 0.533. The van der Waals surface area contributed by atoms with Crippen LogP contribution in [0.4, 0.5) is 0 Å². The molecule has 19 heavy (non-hydrogen) atoms. The molecule has 0 aromatic heterocycles. The zero-order chi connectivity index (χ0) is 14.5. The van der Waals surface area contributed by atoms with E-state index in [1.165, 1.54) is 18.2 Å². The lowest BCUT2D eigenvalue weighted by molar-refractivity contribution is -0.148. The number of hydrogen-bond donors (Lipinski definition) is 1. The van der Waals surface area contributed by atoms with Gasteiger partial charge < -0.3 is 14.8 Å². The van der Waals surface area contributed by atoms with Gasteiger partial charge in [-0.25, -0.2) is 0 Å². The minimum Gasteiger partial charge on any atom is -0.493 e. The van der Waals surface area contributed by atoms with Crippen LogP contribution < -0.4 is 10.1 Å². The van der Waals surface area contributed by atoms with Crippen LogP contribution in [-0.4, -0.2) is 32.3 Å². The lowest BCUT2D eigenvalue weighted by atomic mass is 9.99. The Labute approximate surface area is 115 Å². The Bertz CT molecular complexity index is 425. The topological polar surface area (TPSA) is 47.6 Å². The predicted octanol–water partition coefficient (Wildman–Crippen LogP) is 2.22. The van der Waals surface area contributed by atoms with E-state index in [2.05, 4.69) is 11.4 Å². The Morgan fingerprint density at radius 3 is 2.32 bits per heavy atom. The Kier molecular flexibility index (Phi) is 5.36. The number of nitrogens with one attached hydrogen (secondary N) is 1. The maximum Gasteiger partial charge on any atom is 0.325 e. The van der Waals surface area contributed by atoms with Crippen molar-refractivity contribution in [1.82, 2.24) is 5.32 Å². The number of ether oxygens (including phenoxy) is 2. The molecule has 0 spiro atoms. The minimum atomic E-state index is -0.715. The van der Waals surface area contributed by atoms with Crippen molar-refractivity contribution >= 4 is 5.97 Å². The molecule has 1 rings (SSSR count). The zero-order valence-electron chi connectivity index (χ0n) is 12.4. The highest BCUT2D eigenvalue weighted by atomic mass is 16.5. The average molecular weight is 265 g/mol. The van der Waals surface area contributed by atoms with Crippen LogP contribution in [0.15, 0.2) is 18.2 Å². The van der Waals surface area contributed by atoms with E-state index in [4.69, 9.17) is 9.47 Å². The van der Waals surface area contributed by atoms with E-state index >= 15 is 0 Å². The first kappa shape index (κ1) is 15.5. The highest BCUT2D eigenvalue weighted by molar-refractivity contribution is 5.80. The molecule has 0 radical (unpaired) electrons. The van der Waals surface area contributed by atoms with Gasteiger partial charge >= 0.3 is 5.97 Å². The van der Waals surface area contributed by atoms with Crippen LogP contribution in [0.25, 0.3) is 0 Å². The maximum atomic E-state index is 11.7. The number of hydrogen-bond acceptors (Lipinski definition) is 4. The van der Waals surface area contributed by atoms with Crippen LogP contribution in [0, 0.1) is 13.8 Å². The molecule has 0 bridgehead atoms. The van der Waals surface area contributed by atoms with Crippen LogP contribution in [-0.2, 0) is 9.53 Å². The van der Waals surface area contributed by atoms with Crippen LogP contribution in [0.2, 0.25) is 0 Å². The van der Waals surface area contributed by atoms with Gasteiger partial charge in [0, 0.05) is 6.42 Å². The molecular formula is C15H23NO3. The molecule has 1 unspecified atom stereocenters. The monoisotopic (exact) mass is 265 g/mol. The molecule has 1 atom stereocenters. The second-order valence-electron chi connectivity index (χ2n) is 5.00. The van der Waals surface area contributed by atoms with E-state index in [-0.39, 0.29) is 5.97 Å². The quantitative estimate of drug-likeness (QED) is 0.801. The number of methoxy groups -OCH3 is 1. The number of carbonyl (C=O) groups excluding carboxylic acids is 1. The molecule has 1 aromatic carbocycles. The molecule has 1 N–H and O–H groups in total. The number of benzene rings is 1. The number of rotatable bonds is 6. The molecule has 0 amide bonds. The molecule has 0 aliphatic carbocycles. The molecule has 4 nitrogen and oxygen atoms in total. The summed E-state index contributed by atoms with van der Waals surface area (Å²) < 4.78 is 10.5. The van der Waals surface area contributed by atoms with Crippen molar-refractivity contribution < 1.29 is 14.3 Å². The molecule has 0 fully saturated rings. The van der Waals surface area contributed by atoms with Gasteiger partial charge in [-0.2, -0.15) is 0 Å². The fourth-order valence-corrected chi connectivity index (χ4v) is 1.94.